The minimum absolute atomic E-state index is 0.625. The molecule has 3 aromatic rings. The maximum absolute atomic E-state index is 6.09. The number of fused-ring (bicyclic) bond motifs is 1. The fraction of sp³-hybridized carbons (Fsp3) is 0. The first-order chi connectivity index (χ1) is 8.16. The monoisotopic (exact) mass is 327 g/mol. The molecule has 0 atom stereocenters. The van der Waals surface area contributed by atoms with Gasteiger partial charge in [-0.2, -0.15) is 0 Å². The second kappa shape index (κ2) is 4.01. The number of anilines is 1. The Bertz CT molecular complexity index is 704. The molecular formula is C11H7BrClN3S. The predicted octanol–water partition coefficient (Wildman–Crippen LogP) is 4.06. The van der Waals surface area contributed by atoms with Crippen LogP contribution in [0.4, 0.5) is 5.82 Å². The molecule has 2 N–H and O–H groups in total. The molecule has 0 bridgehead atoms. The Balaban J connectivity index is 2.31. The van der Waals surface area contributed by atoms with Gasteiger partial charge in [0.2, 0.25) is 0 Å². The molecule has 6 heteroatoms. The summed E-state index contributed by atoms with van der Waals surface area (Å²) in [7, 11) is 0. The number of nitrogens with zero attached hydrogens (tertiary/aromatic N) is 2. The van der Waals surface area contributed by atoms with Crippen LogP contribution in [-0.4, -0.2) is 9.38 Å². The Labute approximate surface area is 115 Å². The smallest absolute Gasteiger partial charge is 0.153 e. The van der Waals surface area contributed by atoms with E-state index in [4.69, 9.17) is 17.3 Å². The maximum atomic E-state index is 6.09. The van der Waals surface area contributed by atoms with Crippen LogP contribution >= 0.6 is 38.9 Å². The Morgan fingerprint density at radius 2 is 2.29 bits per heavy atom. The summed E-state index contributed by atoms with van der Waals surface area (Å²) in [6.45, 7) is 0. The molecule has 0 amide bonds. The van der Waals surface area contributed by atoms with Gasteiger partial charge in [-0.25, -0.2) is 4.98 Å². The van der Waals surface area contributed by atoms with Gasteiger partial charge in [0, 0.05) is 11.6 Å². The van der Waals surface area contributed by atoms with Crippen LogP contribution in [0.25, 0.3) is 16.2 Å². The van der Waals surface area contributed by atoms with E-state index in [1.807, 2.05) is 34.2 Å². The van der Waals surface area contributed by atoms with Gasteiger partial charge in [-0.15, -0.1) is 11.3 Å². The minimum Gasteiger partial charge on any atom is -0.383 e. The lowest BCUT2D eigenvalue weighted by molar-refractivity contribution is 1.19. The molecule has 86 valence electrons. The highest BCUT2D eigenvalue weighted by Gasteiger charge is 2.14. The zero-order valence-corrected chi connectivity index (χ0v) is 11.7. The summed E-state index contributed by atoms with van der Waals surface area (Å²) in [6, 6.07) is 5.73. The average molecular weight is 329 g/mol. The van der Waals surface area contributed by atoms with Crippen LogP contribution in [0.15, 0.2) is 34.2 Å². The fourth-order valence-corrected chi connectivity index (χ4v) is 3.18. The summed E-state index contributed by atoms with van der Waals surface area (Å²) in [5.74, 6) is 0.625. The molecule has 0 fully saturated rings. The highest BCUT2D eigenvalue weighted by molar-refractivity contribution is 9.10. The topological polar surface area (TPSA) is 43.3 Å². The highest BCUT2D eigenvalue weighted by Crippen LogP contribution is 2.34. The largest absolute Gasteiger partial charge is 0.383 e. The molecule has 3 heterocycles. The zero-order chi connectivity index (χ0) is 12.0. The van der Waals surface area contributed by atoms with Gasteiger partial charge in [0.15, 0.2) is 5.65 Å². The molecule has 3 nitrogen and oxygen atoms in total. The van der Waals surface area contributed by atoms with Gasteiger partial charge in [0.05, 0.1) is 14.4 Å². The van der Waals surface area contributed by atoms with Crippen molar-refractivity contribution in [1.82, 2.24) is 9.38 Å². The van der Waals surface area contributed by atoms with Crippen molar-refractivity contribution < 1.29 is 0 Å². The number of aromatic nitrogens is 2. The minimum atomic E-state index is 0.625. The molecule has 17 heavy (non-hydrogen) atoms. The number of hydrogen-bond donors (Lipinski definition) is 1. The van der Waals surface area contributed by atoms with Crippen molar-refractivity contribution in [2.24, 2.45) is 0 Å². The van der Waals surface area contributed by atoms with Gasteiger partial charge < -0.3 is 5.73 Å². The van der Waals surface area contributed by atoms with Crippen LogP contribution in [0.1, 0.15) is 0 Å². The first kappa shape index (κ1) is 11.1. The van der Waals surface area contributed by atoms with Crippen LogP contribution in [0.2, 0.25) is 5.02 Å². The highest BCUT2D eigenvalue weighted by atomic mass is 79.9. The molecule has 0 aliphatic heterocycles. The van der Waals surface area contributed by atoms with Crippen LogP contribution < -0.4 is 5.73 Å². The lowest BCUT2D eigenvalue weighted by Gasteiger charge is -1.96. The van der Waals surface area contributed by atoms with Gasteiger partial charge in [0.1, 0.15) is 11.5 Å². The van der Waals surface area contributed by atoms with Crippen molar-refractivity contribution in [3.63, 3.8) is 0 Å². The van der Waals surface area contributed by atoms with E-state index in [9.17, 15) is 0 Å². The van der Waals surface area contributed by atoms with Crippen molar-refractivity contribution in [1.29, 1.82) is 0 Å². The van der Waals surface area contributed by atoms with E-state index in [0.29, 0.717) is 10.8 Å². The molecule has 0 unspecified atom stereocenters. The van der Waals surface area contributed by atoms with Gasteiger partial charge in [0.25, 0.3) is 0 Å². The van der Waals surface area contributed by atoms with E-state index in [-0.39, 0.29) is 0 Å². The molecule has 0 saturated heterocycles. The average Bonchev–Trinajstić information content (AvgIpc) is 2.85. The van der Waals surface area contributed by atoms with E-state index < -0.39 is 0 Å². The number of thiophene rings is 1. The first-order valence-corrected chi connectivity index (χ1v) is 6.88. The molecule has 0 aliphatic rings. The third kappa shape index (κ3) is 1.74. The van der Waals surface area contributed by atoms with Gasteiger partial charge >= 0.3 is 0 Å². The molecule has 0 aliphatic carbocycles. The summed E-state index contributed by atoms with van der Waals surface area (Å²) in [5.41, 5.74) is 7.67. The van der Waals surface area contributed by atoms with Crippen LogP contribution in [0.5, 0.6) is 0 Å². The second-order valence-corrected chi connectivity index (χ2v) is 5.73. The summed E-state index contributed by atoms with van der Waals surface area (Å²) in [4.78, 5) is 5.51. The Kier molecular flexibility index (Phi) is 2.61. The third-order valence-corrected chi connectivity index (χ3v) is 4.34. The van der Waals surface area contributed by atoms with E-state index >= 15 is 0 Å². The third-order valence-electron chi connectivity index (χ3n) is 2.44. The van der Waals surface area contributed by atoms with E-state index in [0.717, 1.165) is 20.7 Å². The molecule has 0 spiro atoms. The van der Waals surface area contributed by atoms with Gasteiger partial charge in [-0.05, 0) is 34.1 Å². The van der Waals surface area contributed by atoms with Gasteiger partial charge in [-0.1, -0.05) is 11.6 Å². The number of halogens is 2. The molecule has 3 aromatic heterocycles. The molecular weight excluding hydrogens is 322 g/mol. The number of nitrogens with two attached hydrogens (primary N) is 1. The fourth-order valence-electron chi connectivity index (χ4n) is 1.67. The SMILES string of the molecule is Nc1c(-c2cc(Cl)cs2)nc2c(Br)cccn12. The number of hydrogen-bond acceptors (Lipinski definition) is 3. The maximum Gasteiger partial charge on any atom is 0.153 e. The van der Waals surface area contributed by atoms with Crippen molar-refractivity contribution in [2.45, 2.75) is 0 Å². The number of pyridine rings is 1. The number of nitrogen functional groups attached to an aromatic ring is 1. The Morgan fingerprint density at radius 3 is 2.94 bits per heavy atom. The van der Waals surface area contributed by atoms with E-state index in [1.54, 1.807) is 0 Å². The van der Waals surface area contributed by atoms with Crippen molar-refractivity contribution >= 4 is 50.3 Å². The molecule has 0 saturated carbocycles. The summed E-state index contributed by atoms with van der Waals surface area (Å²) >= 11 is 10.9. The van der Waals surface area contributed by atoms with Crippen molar-refractivity contribution in [2.75, 3.05) is 5.73 Å². The van der Waals surface area contributed by atoms with Crippen molar-refractivity contribution in [3.05, 3.63) is 39.3 Å². The molecule has 0 aromatic carbocycles. The van der Waals surface area contributed by atoms with Crippen molar-refractivity contribution in [3.8, 4) is 10.6 Å². The van der Waals surface area contributed by atoms with Gasteiger partial charge in [-0.3, -0.25) is 4.40 Å². The van der Waals surface area contributed by atoms with Crippen LogP contribution in [0, 0.1) is 0 Å². The Morgan fingerprint density at radius 1 is 1.47 bits per heavy atom. The predicted molar refractivity (Wildman–Crippen MR) is 75.6 cm³/mol. The van der Waals surface area contributed by atoms with Crippen LogP contribution in [0.3, 0.4) is 0 Å². The van der Waals surface area contributed by atoms with Crippen LogP contribution in [-0.2, 0) is 0 Å². The number of rotatable bonds is 1. The lowest BCUT2D eigenvalue weighted by Crippen LogP contribution is -1.93. The summed E-state index contributed by atoms with van der Waals surface area (Å²) in [5, 5.41) is 2.58. The first-order valence-electron chi connectivity index (χ1n) is 4.83. The quantitative estimate of drug-likeness (QED) is 0.732. The normalized spacial score (nSPS) is 11.2. The van der Waals surface area contributed by atoms with E-state index in [2.05, 4.69) is 20.9 Å². The summed E-state index contributed by atoms with van der Waals surface area (Å²) < 4.78 is 2.77. The lowest BCUT2D eigenvalue weighted by atomic mass is 10.3. The molecule has 0 radical (unpaired) electrons. The molecule has 3 rings (SSSR count). The second-order valence-electron chi connectivity index (χ2n) is 3.52. The zero-order valence-electron chi connectivity index (χ0n) is 8.52. The van der Waals surface area contributed by atoms with E-state index in [1.165, 1.54) is 11.3 Å². The summed E-state index contributed by atoms with van der Waals surface area (Å²) in [6.07, 6.45) is 1.89. The Hall–Kier alpha value is -1.04. The standard InChI is InChI=1S/C11H7BrClN3S/c12-7-2-1-3-16-10(14)9(15-11(7)16)8-4-6(13)5-17-8/h1-5H,14H2. The number of imidazole rings is 1.